The number of sulfonamides is 1. The summed E-state index contributed by atoms with van der Waals surface area (Å²) in [5.41, 5.74) is 14.1. The number of aliphatic hydroxyl groups excluding tert-OH is 2. The highest BCUT2D eigenvalue weighted by atomic mass is 32.2. The van der Waals surface area contributed by atoms with Gasteiger partial charge in [-0.05, 0) is 48.9 Å². The first-order chi connectivity index (χ1) is 20.1. The van der Waals surface area contributed by atoms with Crippen molar-refractivity contribution in [1.29, 1.82) is 0 Å². The summed E-state index contributed by atoms with van der Waals surface area (Å²) in [5.74, 6) is 0.852. The monoisotopic (exact) mass is 595 g/mol. The predicted octanol–water partition coefficient (Wildman–Crippen LogP) is 0.0889. The second kappa shape index (κ2) is 11.3. The minimum atomic E-state index is -3.86. The van der Waals surface area contributed by atoms with E-state index in [1.807, 2.05) is 4.90 Å². The summed E-state index contributed by atoms with van der Waals surface area (Å²) in [6.07, 6.45) is 1.16. The maximum atomic E-state index is 13.0. The molecule has 0 unspecified atom stereocenters. The van der Waals surface area contributed by atoms with Crippen LogP contribution in [0.1, 0.15) is 12.8 Å². The van der Waals surface area contributed by atoms with Crippen LogP contribution in [0.2, 0.25) is 0 Å². The largest absolute Gasteiger partial charge is 0.391 e. The van der Waals surface area contributed by atoms with E-state index in [4.69, 9.17) is 11.5 Å². The number of hydrogen-bond donors (Lipinski definition) is 7. The lowest BCUT2D eigenvalue weighted by Gasteiger charge is -2.36. The Kier molecular flexibility index (Phi) is 7.54. The van der Waals surface area contributed by atoms with Crippen LogP contribution < -0.4 is 31.3 Å². The van der Waals surface area contributed by atoms with Crippen molar-refractivity contribution < 1.29 is 18.6 Å². The van der Waals surface area contributed by atoms with Crippen LogP contribution in [0, 0.1) is 0 Å². The maximum Gasteiger partial charge on any atom is 0.261 e. The molecule has 2 aromatic carbocycles. The number of aliphatic hydroxyl groups is 2. The van der Waals surface area contributed by atoms with Gasteiger partial charge in [-0.25, -0.2) is 8.42 Å². The number of nitrogens with two attached hydrogens (primary N) is 2. The standard InChI is InChI=1S/C26H33N11O4S/c27-16-7-17(28)12-36(11-16)25-31-24(32-26(33-25)37-13-20(38)9-21(39)14-37)30-18-3-5-22(6-4-18)42(40,41)35-19-2-1-15-10-29-34-23(15)8-19/h1-6,8,10,16-17,20-21,35,38-39H,7,9,11-14,27-28H2,(H,29,34)(H,30,31,32,33)/t16-,17+,20-,21+. The summed E-state index contributed by atoms with van der Waals surface area (Å²) in [4.78, 5) is 17.4. The third-order valence-electron chi connectivity index (χ3n) is 7.21. The van der Waals surface area contributed by atoms with Crippen LogP contribution in [0.3, 0.4) is 0 Å². The Morgan fingerprint density at radius 1 is 0.833 bits per heavy atom. The number of benzene rings is 2. The van der Waals surface area contributed by atoms with E-state index in [9.17, 15) is 18.6 Å². The molecule has 6 rings (SSSR count). The van der Waals surface area contributed by atoms with Crippen LogP contribution in [0.5, 0.6) is 0 Å². The molecule has 0 radical (unpaired) electrons. The third-order valence-corrected chi connectivity index (χ3v) is 8.61. The number of fused-ring (bicyclic) bond motifs is 1. The average Bonchev–Trinajstić information content (AvgIpc) is 3.40. The van der Waals surface area contributed by atoms with Crippen molar-refractivity contribution in [3.63, 3.8) is 0 Å². The second-order valence-corrected chi connectivity index (χ2v) is 12.5. The van der Waals surface area contributed by atoms with Crippen LogP contribution in [-0.2, 0) is 10.0 Å². The molecule has 0 bridgehead atoms. The van der Waals surface area contributed by atoms with Crippen LogP contribution in [0.4, 0.5) is 29.2 Å². The number of nitrogens with zero attached hydrogens (tertiary/aromatic N) is 6. The summed E-state index contributed by atoms with van der Waals surface area (Å²) in [6, 6.07) is 11.0. The molecule has 2 aliphatic heterocycles. The van der Waals surface area contributed by atoms with Crippen molar-refractivity contribution in [1.82, 2.24) is 25.1 Å². The van der Waals surface area contributed by atoms with Crippen LogP contribution in [0.25, 0.3) is 10.9 Å². The molecule has 2 fully saturated rings. The molecule has 2 saturated heterocycles. The average molecular weight is 596 g/mol. The van der Waals surface area contributed by atoms with Crippen molar-refractivity contribution in [2.24, 2.45) is 11.5 Å². The molecule has 42 heavy (non-hydrogen) atoms. The van der Waals surface area contributed by atoms with Gasteiger partial charge in [0.15, 0.2) is 0 Å². The quantitative estimate of drug-likeness (QED) is 0.151. The van der Waals surface area contributed by atoms with Gasteiger partial charge < -0.3 is 36.8 Å². The van der Waals surface area contributed by atoms with Crippen molar-refractivity contribution in [2.75, 3.05) is 46.0 Å². The number of hydrogen-bond acceptors (Lipinski definition) is 13. The smallest absolute Gasteiger partial charge is 0.261 e. The Balaban J connectivity index is 1.24. The summed E-state index contributed by atoms with van der Waals surface area (Å²) in [7, 11) is -3.86. The molecule has 4 atom stereocenters. The number of aromatic amines is 1. The highest BCUT2D eigenvalue weighted by molar-refractivity contribution is 7.92. The Labute approximate surface area is 242 Å². The van der Waals surface area contributed by atoms with Crippen LogP contribution in [-0.4, -0.2) is 94.3 Å². The van der Waals surface area contributed by atoms with E-state index < -0.39 is 22.2 Å². The maximum absolute atomic E-state index is 13.0. The van der Waals surface area contributed by atoms with Crippen LogP contribution >= 0.6 is 0 Å². The molecule has 9 N–H and O–H groups in total. The predicted molar refractivity (Wildman–Crippen MR) is 158 cm³/mol. The highest BCUT2D eigenvalue weighted by Gasteiger charge is 2.29. The summed E-state index contributed by atoms with van der Waals surface area (Å²) in [5, 5.41) is 31.2. The van der Waals surface area contributed by atoms with Gasteiger partial charge in [0, 0.05) is 55.8 Å². The zero-order valence-corrected chi connectivity index (χ0v) is 23.4. The van der Waals surface area contributed by atoms with Gasteiger partial charge in [-0.15, -0.1) is 0 Å². The van der Waals surface area contributed by atoms with Gasteiger partial charge in [0.25, 0.3) is 10.0 Å². The molecule has 16 heteroatoms. The van der Waals surface area contributed by atoms with E-state index >= 15 is 0 Å². The molecule has 2 aromatic heterocycles. The molecule has 15 nitrogen and oxygen atoms in total. The van der Waals surface area contributed by atoms with Gasteiger partial charge in [0.2, 0.25) is 17.8 Å². The number of aromatic nitrogens is 5. The fourth-order valence-corrected chi connectivity index (χ4v) is 6.35. The third kappa shape index (κ3) is 6.22. The minimum absolute atomic E-state index is 0.0716. The van der Waals surface area contributed by atoms with Gasteiger partial charge in [0.1, 0.15) is 0 Å². The Morgan fingerprint density at radius 3 is 2.12 bits per heavy atom. The van der Waals surface area contributed by atoms with Crippen molar-refractivity contribution in [2.45, 2.75) is 42.0 Å². The molecule has 0 aliphatic carbocycles. The first-order valence-corrected chi connectivity index (χ1v) is 15.1. The normalized spacial score (nSPS) is 23.2. The van der Waals surface area contributed by atoms with Gasteiger partial charge in [0.05, 0.1) is 34.5 Å². The lowest BCUT2D eigenvalue weighted by atomic mass is 10.0. The molecular weight excluding hydrogens is 562 g/mol. The zero-order valence-electron chi connectivity index (χ0n) is 22.6. The van der Waals surface area contributed by atoms with Crippen LogP contribution in [0.15, 0.2) is 53.6 Å². The fraction of sp³-hybridized carbons (Fsp3) is 0.385. The highest BCUT2D eigenvalue weighted by Crippen LogP contribution is 2.26. The van der Waals surface area contributed by atoms with Gasteiger partial charge in [-0.1, -0.05) is 0 Å². The Hall–Kier alpha value is -4.09. The number of nitrogens with one attached hydrogen (secondary N) is 3. The van der Waals surface area contributed by atoms with E-state index in [-0.39, 0.29) is 48.4 Å². The van der Waals surface area contributed by atoms with Gasteiger partial charge >= 0.3 is 0 Å². The molecule has 0 saturated carbocycles. The first kappa shape index (κ1) is 28.0. The summed E-state index contributed by atoms with van der Waals surface area (Å²) in [6.45, 7) is 1.53. The zero-order chi connectivity index (χ0) is 29.4. The van der Waals surface area contributed by atoms with E-state index in [0.717, 1.165) is 5.39 Å². The number of anilines is 5. The minimum Gasteiger partial charge on any atom is -0.391 e. The fourth-order valence-electron chi connectivity index (χ4n) is 5.31. The number of H-pyrrole nitrogens is 1. The lowest BCUT2D eigenvalue weighted by Crippen LogP contribution is -2.53. The SMILES string of the molecule is N[C@@H]1C[C@H](N)CN(c2nc(Nc3ccc(S(=O)(=O)Nc4ccc5cn[nH]c5c4)cc3)nc(N3C[C@H](O)C[C@H](O)C3)n2)C1. The first-order valence-electron chi connectivity index (χ1n) is 13.6. The number of rotatable bonds is 7. The topological polar surface area (TPSA) is 225 Å². The van der Waals surface area contributed by atoms with Crippen molar-refractivity contribution >= 4 is 50.1 Å². The summed E-state index contributed by atoms with van der Waals surface area (Å²) >= 11 is 0. The molecule has 222 valence electrons. The lowest BCUT2D eigenvalue weighted by molar-refractivity contribution is 0.0645. The second-order valence-electron chi connectivity index (χ2n) is 10.8. The Bertz CT molecular complexity index is 1600. The van der Waals surface area contributed by atoms with E-state index in [0.29, 0.717) is 42.4 Å². The van der Waals surface area contributed by atoms with E-state index in [1.165, 1.54) is 12.1 Å². The summed E-state index contributed by atoms with van der Waals surface area (Å²) < 4.78 is 28.6. The van der Waals surface area contributed by atoms with E-state index in [1.54, 1.807) is 41.4 Å². The molecule has 4 aromatic rings. The molecule has 2 aliphatic rings. The Morgan fingerprint density at radius 2 is 1.45 bits per heavy atom. The number of β-amino-alcohol motifs (C(OH)–C–C–N with tert-alkyl or cyclic N) is 2. The van der Waals surface area contributed by atoms with Crippen molar-refractivity contribution in [3.05, 3.63) is 48.7 Å². The van der Waals surface area contributed by atoms with E-state index in [2.05, 4.69) is 35.2 Å². The molecule has 0 amide bonds. The molecular formula is C26H33N11O4S. The van der Waals surface area contributed by atoms with Crippen molar-refractivity contribution in [3.8, 4) is 0 Å². The van der Waals surface area contributed by atoms with Gasteiger partial charge in [-0.3, -0.25) is 9.82 Å². The number of piperidine rings is 2. The molecule has 0 spiro atoms. The molecule has 4 heterocycles. The van der Waals surface area contributed by atoms with Gasteiger partial charge in [-0.2, -0.15) is 20.1 Å².